The fraction of sp³-hybridized carbons (Fsp3) is 0.625. The van der Waals surface area contributed by atoms with E-state index in [1.165, 1.54) is 42.5 Å². The molecule has 94 valence electrons. The van der Waals surface area contributed by atoms with Crippen LogP contribution in [-0.4, -0.2) is 6.54 Å². The Labute approximate surface area is 106 Å². The molecule has 0 aliphatic carbocycles. The number of nitrogens with one attached hydrogen (secondary N) is 1. The lowest BCUT2D eigenvalue weighted by molar-refractivity contribution is 0.309. The van der Waals surface area contributed by atoms with Gasteiger partial charge in [0.2, 0.25) is 0 Å². The summed E-state index contributed by atoms with van der Waals surface area (Å²) in [7, 11) is 0. The van der Waals surface area contributed by atoms with Crippen LogP contribution in [-0.2, 0) is 5.54 Å². The first-order valence-electron chi connectivity index (χ1n) is 6.87. The van der Waals surface area contributed by atoms with Crippen molar-refractivity contribution in [1.29, 1.82) is 0 Å². The van der Waals surface area contributed by atoms with Gasteiger partial charge in [0.15, 0.2) is 0 Å². The summed E-state index contributed by atoms with van der Waals surface area (Å²) in [5, 5.41) is 3.79. The molecule has 2 rings (SSSR count). The minimum atomic E-state index is 0.240. The van der Waals surface area contributed by atoms with Crippen molar-refractivity contribution in [3.63, 3.8) is 0 Å². The van der Waals surface area contributed by atoms with Gasteiger partial charge in [0, 0.05) is 5.54 Å². The van der Waals surface area contributed by atoms with Gasteiger partial charge >= 0.3 is 0 Å². The summed E-state index contributed by atoms with van der Waals surface area (Å²) in [4.78, 5) is 0. The quantitative estimate of drug-likeness (QED) is 0.831. The van der Waals surface area contributed by atoms with Gasteiger partial charge < -0.3 is 5.32 Å². The third-order valence-corrected chi connectivity index (χ3v) is 4.12. The monoisotopic (exact) mass is 231 g/mol. The molecule has 0 saturated carbocycles. The van der Waals surface area contributed by atoms with Gasteiger partial charge in [-0.1, -0.05) is 32.0 Å². The lowest BCUT2D eigenvalue weighted by Gasteiger charge is -2.34. The average molecular weight is 231 g/mol. The van der Waals surface area contributed by atoms with Crippen molar-refractivity contribution in [2.75, 3.05) is 6.54 Å². The average Bonchev–Trinajstić information content (AvgIpc) is 2.70. The van der Waals surface area contributed by atoms with Gasteiger partial charge in [0.05, 0.1) is 0 Å². The van der Waals surface area contributed by atoms with Crippen LogP contribution >= 0.6 is 0 Å². The zero-order valence-corrected chi connectivity index (χ0v) is 11.6. The second kappa shape index (κ2) is 4.81. The van der Waals surface area contributed by atoms with Crippen LogP contribution in [0.25, 0.3) is 0 Å². The smallest absolute Gasteiger partial charge is 0.0440 e. The summed E-state index contributed by atoms with van der Waals surface area (Å²) in [6.07, 6.45) is 3.84. The second-order valence-electron chi connectivity index (χ2n) is 5.96. The van der Waals surface area contributed by atoms with E-state index in [0.29, 0.717) is 0 Å². The summed E-state index contributed by atoms with van der Waals surface area (Å²) in [6.45, 7) is 10.3. The SMILES string of the molecule is Cc1cccc(C2(CC(C)C)CCCN2)c1C. The maximum absolute atomic E-state index is 3.79. The van der Waals surface area contributed by atoms with Gasteiger partial charge in [-0.15, -0.1) is 0 Å². The van der Waals surface area contributed by atoms with Crippen LogP contribution in [0.1, 0.15) is 49.8 Å². The Morgan fingerprint density at radius 2 is 2.06 bits per heavy atom. The predicted molar refractivity (Wildman–Crippen MR) is 74.3 cm³/mol. The summed E-state index contributed by atoms with van der Waals surface area (Å²) >= 11 is 0. The number of benzene rings is 1. The Morgan fingerprint density at radius 3 is 2.65 bits per heavy atom. The number of hydrogen-bond acceptors (Lipinski definition) is 1. The molecule has 17 heavy (non-hydrogen) atoms. The molecule has 1 heterocycles. The molecular formula is C16H25N. The zero-order valence-electron chi connectivity index (χ0n) is 11.6. The molecule has 1 heteroatoms. The molecular weight excluding hydrogens is 206 g/mol. The van der Waals surface area contributed by atoms with Gasteiger partial charge in [0.25, 0.3) is 0 Å². The molecule has 1 aliphatic rings. The fourth-order valence-corrected chi connectivity index (χ4v) is 3.29. The number of rotatable bonds is 3. The lowest BCUT2D eigenvalue weighted by Crippen LogP contribution is -2.38. The minimum Gasteiger partial charge on any atom is -0.307 e. The van der Waals surface area contributed by atoms with Gasteiger partial charge in [0.1, 0.15) is 0 Å². The fourth-order valence-electron chi connectivity index (χ4n) is 3.29. The van der Waals surface area contributed by atoms with Crippen molar-refractivity contribution in [2.45, 2.75) is 52.5 Å². The topological polar surface area (TPSA) is 12.0 Å². The molecule has 0 bridgehead atoms. The molecule has 1 atom stereocenters. The molecule has 1 aliphatic heterocycles. The van der Waals surface area contributed by atoms with Crippen LogP contribution in [0.5, 0.6) is 0 Å². The van der Waals surface area contributed by atoms with Crippen LogP contribution in [0.3, 0.4) is 0 Å². The summed E-state index contributed by atoms with van der Waals surface area (Å²) in [5.41, 5.74) is 4.66. The highest BCUT2D eigenvalue weighted by atomic mass is 15.0. The van der Waals surface area contributed by atoms with Gasteiger partial charge in [-0.25, -0.2) is 0 Å². The first-order chi connectivity index (χ1) is 8.05. The first kappa shape index (κ1) is 12.6. The van der Waals surface area contributed by atoms with E-state index >= 15 is 0 Å². The van der Waals surface area contributed by atoms with Crippen LogP contribution < -0.4 is 5.32 Å². The van der Waals surface area contributed by atoms with E-state index in [4.69, 9.17) is 0 Å². The van der Waals surface area contributed by atoms with E-state index in [1.807, 2.05) is 0 Å². The molecule has 0 spiro atoms. The number of aryl methyl sites for hydroxylation is 1. The van der Waals surface area contributed by atoms with Crippen molar-refractivity contribution < 1.29 is 0 Å². The van der Waals surface area contributed by atoms with Gasteiger partial charge in [-0.05, 0) is 62.3 Å². The van der Waals surface area contributed by atoms with Crippen LogP contribution in [0.4, 0.5) is 0 Å². The van der Waals surface area contributed by atoms with E-state index in [2.05, 4.69) is 51.2 Å². The van der Waals surface area contributed by atoms with Gasteiger partial charge in [-0.3, -0.25) is 0 Å². The van der Waals surface area contributed by atoms with E-state index in [0.717, 1.165) is 5.92 Å². The Kier molecular flexibility index (Phi) is 3.58. The summed E-state index contributed by atoms with van der Waals surface area (Å²) in [5.74, 6) is 0.737. The van der Waals surface area contributed by atoms with Crippen LogP contribution in [0, 0.1) is 19.8 Å². The summed E-state index contributed by atoms with van der Waals surface area (Å²) < 4.78 is 0. The third-order valence-electron chi connectivity index (χ3n) is 4.12. The van der Waals surface area contributed by atoms with E-state index < -0.39 is 0 Å². The summed E-state index contributed by atoms with van der Waals surface area (Å²) in [6, 6.07) is 6.75. The molecule has 1 fully saturated rings. The Bertz CT molecular complexity index is 387. The second-order valence-corrected chi connectivity index (χ2v) is 5.96. The largest absolute Gasteiger partial charge is 0.307 e. The predicted octanol–water partition coefficient (Wildman–Crippen LogP) is 3.93. The van der Waals surface area contributed by atoms with Crippen molar-refractivity contribution >= 4 is 0 Å². The first-order valence-corrected chi connectivity index (χ1v) is 6.87. The molecule has 1 nitrogen and oxygen atoms in total. The maximum atomic E-state index is 3.79. The molecule has 0 amide bonds. The van der Waals surface area contributed by atoms with Crippen LogP contribution in [0.2, 0.25) is 0 Å². The Hall–Kier alpha value is -0.820. The standard InChI is InChI=1S/C16H25N/c1-12(2)11-16(9-6-10-17-16)15-8-5-7-13(3)14(15)4/h5,7-8,12,17H,6,9-11H2,1-4H3. The van der Waals surface area contributed by atoms with Crippen LogP contribution in [0.15, 0.2) is 18.2 Å². The van der Waals surface area contributed by atoms with E-state index in [-0.39, 0.29) is 5.54 Å². The normalized spacial score (nSPS) is 24.5. The molecule has 1 N–H and O–H groups in total. The highest BCUT2D eigenvalue weighted by molar-refractivity contribution is 5.39. The molecule has 0 radical (unpaired) electrons. The van der Waals surface area contributed by atoms with Crippen molar-refractivity contribution in [3.05, 3.63) is 34.9 Å². The van der Waals surface area contributed by atoms with E-state index in [1.54, 1.807) is 0 Å². The Balaban J connectivity index is 2.42. The molecule has 0 aromatic heterocycles. The van der Waals surface area contributed by atoms with Crippen molar-refractivity contribution in [1.82, 2.24) is 5.32 Å². The molecule has 1 saturated heterocycles. The molecule has 1 aromatic carbocycles. The van der Waals surface area contributed by atoms with Crippen molar-refractivity contribution in [3.8, 4) is 0 Å². The molecule has 1 unspecified atom stereocenters. The number of hydrogen-bond donors (Lipinski definition) is 1. The highest BCUT2D eigenvalue weighted by Crippen LogP contribution is 2.38. The third kappa shape index (κ3) is 2.40. The van der Waals surface area contributed by atoms with E-state index in [9.17, 15) is 0 Å². The Morgan fingerprint density at radius 1 is 1.29 bits per heavy atom. The zero-order chi connectivity index (χ0) is 12.5. The highest BCUT2D eigenvalue weighted by Gasteiger charge is 2.36. The maximum Gasteiger partial charge on any atom is 0.0440 e. The van der Waals surface area contributed by atoms with Gasteiger partial charge in [-0.2, -0.15) is 0 Å². The lowest BCUT2D eigenvalue weighted by atomic mass is 9.78. The minimum absolute atomic E-state index is 0.240. The molecule has 1 aromatic rings. The van der Waals surface area contributed by atoms with Crippen molar-refractivity contribution in [2.24, 2.45) is 5.92 Å².